The number of anilines is 1. The summed E-state index contributed by atoms with van der Waals surface area (Å²) in [5.74, 6) is -0.284. The van der Waals surface area contributed by atoms with Gasteiger partial charge in [-0.2, -0.15) is 0 Å². The Balaban J connectivity index is 1.29. The van der Waals surface area contributed by atoms with Crippen molar-refractivity contribution in [2.45, 2.75) is 38.3 Å². The van der Waals surface area contributed by atoms with Crippen LogP contribution in [0.5, 0.6) is 0 Å². The molecule has 0 saturated carbocycles. The molecule has 2 N–H and O–H groups in total. The van der Waals surface area contributed by atoms with E-state index >= 15 is 0 Å². The first-order chi connectivity index (χ1) is 15.6. The number of halogens is 1. The first-order valence-electron chi connectivity index (χ1n) is 11.4. The molecule has 2 amide bonds. The van der Waals surface area contributed by atoms with Crippen molar-refractivity contribution in [3.63, 3.8) is 0 Å². The average molecular weight is 456 g/mol. The Hall–Kier alpha value is -2.41. The van der Waals surface area contributed by atoms with Gasteiger partial charge in [0.05, 0.1) is 17.4 Å². The maximum Gasteiger partial charge on any atom is 0.253 e. The average Bonchev–Trinajstić information content (AvgIpc) is 3.33. The Kier molecular flexibility index (Phi) is 7.79. The second-order valence-electron chi connectivity index (χ2n) is 8.52. The molecule has 2 saturated heterocycles. The summed E-state index contributed by atoms with van der Waals surface area (Å²) >= 11 is 6.28. The summed E-state index contributed by atoms with van der Waals surface area (Å²) in [4.78, 5) is 27.9. The van der Waals surface area contributed by atoms with Crippen LogP contribution in [-0.4, -0.2) is 49.1 Å². The van der Waals surface area contributed by atoms with Crippen LogP contribution in [0.1, 0.15) is 41.6 Å². The summed E-state index contributed by atoms with van der Waals surface area (Å²) < 4.78 is 5.57. The lowest BCUT2D eigenvalue weighted by atomic mass is 9.95. The van der Waals surface area contributed by atoms with E-state index in [0.29, 0.717) is 17.8 Å². The Bertz CT molecular complexity index is 938. The summed E-state index contributed by atoms with van der Waals surface area (Å²) in [6, 6.07) is 15.0. The number of likely N-dealkylation sites (tertiary alicyclic amines) is 1. The van der Waals surface area contributed by atoms with Crippen molar-refractivity contribution < 1.29 is 14.3 Å². The minimum absolute atomic E-state index is 0.0261. The number of ether oxygens (including phenoxy) is 1. The largest absolute Gasteiger partial charge is 0.376 e. The van der Waals surface area contributed by atoms with Gasteiger partial charge in [0.15, 0.2) is 0 Å². The molecule has 2 aromatic rings. The zero-order valence-electron chi connectivity index (χ0n) is 18.2. The summed E-state index contributed by atoms with van der Waals surface area (Å²) in [5.41, 5.74) is 2.15. The number of piperidine rings is 1. The molecule has 0 radical (unpaired) electrons. The molecule has 7 heteroatoms. The van der Waals surface area contributed by atoms with Gasteiger partial charge in [0, 0.05) is 30.6 Å². The predicted octanol–water partition coefficient (Wildman–Crippen LogP) is 4.10. The highest BCUT2D eigenvalue weighted by molar-refractivity contribution is 6.31. The van der Waals surface area contributed by atoms with E-state index in [9.17, 15) is 9.59 Å². The van der Waals surface area contributed by atoms with Crippen LogP contribution >= 0.6 is 11.6 Å². The van der Waals surface area contributed by atoms with E-state index in [1.807, 2.05) is 36.4 Å². The van der Waals surface area contributed by atoms with Crippen LogP contribution in [0, 0.1) is 5.92 Å². The van der Waals surface area contributed by atoms with E-state index in [2.05, 4.69) is 15.5 Å². The van der Waals surface area contributed by atoms with Crippen molar-refractivity contribution in [3.8, 4) is 0 Å². The Labute approximate surface area is 194 Å². The van der Waals surface area contributed by atoms with Crippen molar-refractivity contribution in [2.24, 2.45) is 5.92 Å². The summed E-state index contributed by atoms with van der Waals surface area (Å²) in [7, 11) is 0. The SMILES string of the molecule is O=C(NC[C@@H]1CCCO1)c1ccccc1NC(=O)C1CCN(Cc2ccccc2Cl)CC1. The first-order valence-corrected chi connectivity index (χ1v) is 11.7. The zero-order chi connectivity index (χ0) is 22.3. The van der Waals surface area contributed by atoms with Gasteiger partial charge in [-0.3, -0.25) is 14.5 Å². The molecule has 4 rings (SSSR count). The minimum Gasteiger partial charge on any atom is -0.376 e. The molecule has 32 heavy (non-hydrogen) atoms. The number of rotatable bonds is 7. The summed E-state index contributed by atoms with van der Waals surface area (Å²) in [6.45, 7) is 3.72. The van der Waals surface area contributed by atoms with Crippen LogP contribution in [0.25, 0.3) is 0 Å². The maximum absolute atomic E-state index is 12.9. The molecule has 6 nitrogen and oxygen atoms in total. The van der Waals surface area contributed by atoms with Gasteiger partial charge in [0.2, 0.25) is 5.91 Å². The van der Waals surface area contributed by atoms with Crippen molar-refractivity contribution in [1.29, 1.82) is 0 Å². The number of benzene rings is 2. The fourth-order valence-corrected chi connectivity index (χ4v) is 4.55. The molecule has 0 bridgehead atoms. The van der Waals surface area contributed by atoms with E-state index in [1.54, 1.807) is 12.1 Å². The van der Waals surface area contributed by atoms with Crippen LogP contribution in [-0.2, 0) is 16.1 Å². The standard InChI is InChI=1S/C25H30ClN3O3/c26-22-9-3-1-6-19(22)17-29-13-11-18(12-14-29)24(30)28-23-10-4-2-8-21(23)25(31)27-16-20-7-5-15-32-20/h1-4,6,8-10,18,20H,5,7,11-17H2,(H,27,31)(H,28,30)/t20-/m0/s1. The smallest absolute Gasteiger partial charge is 0.253 e. The van der Waals surface area contributed by atoms with Crippen molar-refractivity contribution in [1.82, 2.24) is 10.2 Å². The molecule has 2 aliphatic heterocycles. The number of amides is 2. The van der Waals surface area contributed by atoms with E-state index < -0.39 is 0 Å². The lowest BCUT2D eigenvalue weighted by Crippen LogP contribution is -2.38. The molecule has 2 aromatic carbocycles. The molecule has 2 aliphatic rings. The second-order valence-corrected chi connectivity index (χ2v) is 8.93. The zero-order valence-corrected chi connectivity index (χ0v) is 18.9. The monoisotopic (exact) mass is 455 g/mol. The van der Waals surface area contributed by atoms with Gasteiger partial charge in [0.25, 0.3) is 5.91 Å². The molecule has 0 aromatic heterocycles. The molecule has 170 valence electrons. The number of nitrogens with zero attached hydrogens (tertiary/aromatic N) is 1. The third kappa shape index (κ3) is 5.88. The van der Waals surface area contributed by atoms with Crippen molar-refractivity contribution >= 4 is 29.1 Å². The van der Waals surface area contributed by atoms with Gasteiger partial charge in [-0.1, -0.05) is 41.9 Å². The molecule has 0 unspecified atom stereocenters. The Morgan fingerprint density at radius 2 is 1.78 bits per heavy atom. The van der Waals surface area contributed by atoms with Crippen LogP contribution in [0.15, 0.2) is 48.5 Å². The van der Waals surface area contributed by atoms with Crippen LogP contribution < -0.4 is 10.6 Å². The molecule has 0 spiro atoms. The number of nitrogens with one attached hydrogen (secondary N) is 2. The fourth-order valence-electron chi connectivity index (χ4n) is 4.35. The van der Waals surface area contributed by atoms with Crippen molar-refractivity contribution in [2.75, 3.05) is 31.6 Å². The van der Waals surface area contributed by atoms with Crippen LogP contribution in [0.2, 0.25) is 5.02 Å². The highest BCUT2D eigenvalue weighted by Gasteiger charge is 2.26. The lowest BCUT2D eigenvalue weighted by Gasteiger charge is -2.31. The molecule has 0 aliphatic carbocycles. The number of hydrogen-bond donors (Lipinski definition) is 2. The van der Waals surface area contributed by atoms with Crippen molar-refractivity contribution in [3.05, 3.63) is 64.7 Å². The molecule has 2 heterocycles. The van der Waals surface area contributed by atoms with Gasteiger partial charge in [-0.25, -0.2) is 0 Å². The van der Waals surface area contributed by atoms with E-state index in [4.69, 9.17) is 16.3 Å². The van der Waals surface area contributed by atoms with Gasteiger partial charge >= 0.3 is 0 Å². The highest BCUT2D eigenvalue weighted by Crippen LogP contribution is 2.24. The number of para-hydroxylation sites is 1. The van der Waals surface area contributed by atoms with Gasteiger partial charge in [0.1, 0.15) is 0 Å². The topological polar surface area (TPSA) is 70.7 Å². The highest BCUT2D eigenvalue weighted by atomic mass is 35.5. The Morgan fingerprint density at radius 3 is 2.53 bits per heavy atom. The number of hydrogen-bond acceptors (Lipinski definition) is 4. The minimum atomic E-state index is -0.189. The Morgan fingerprint density at radius 1 is 1.03 bits per heavy atom. The van der Waals surface area contributed by atoms with Gasteiger partial charge < -0.3 is 15.4 Å². The molecular formula is C25H30ClN3O3. The van der Waals surface area contributed by atoms with Gasteiger partial charge in [-0.15, -0.1) is 0 Å². The number of carbonyl (C=O) groups is 2. The van der Waals surface area contributed by atoms with Gasteiger partial charge in [-0.05, 0) is 62.5 Å². The van der Waals surface area contributed by atoms with E-state index in [1.165, 1.54) is 0 Å². The molecular weight excluding hydrogens is 426 g/mol. The molecule has 1 atom stereocenters. The predicted molar refractivity (Wildman–Crippen MR) is 126 cm³/mol. The summed E-state index contributed by atoms with van der Waals surface area (Å²) in [5, 5.41) is 6.71. The quantitative estimate of drug-likeness (QED) is 0.659. The third-order valence-corrected chi connectivity index (χ3v) is 6.62. The fraction of sp³-hybridized carbons (Fsp3) is 0.440. The van der Waals surface area contributed by atoms with E-state index in [0.717, 1.165) is 62.5 Å². The second kappa shape index (κ2) is 10.9. The maximum atomic E-state index is 12.9. The first kappa shape index (κ1) is 22.8. The normalized spacial score (nSPS) is 19.6. The summed E-state index contributed by atoms with van der Waals surface area (Å²) in [6.07, 6.45) is 3.64. The van der Waals surface area contributed by atoms with Crippen LogP contribution in [0.4, 0.5) is 5.69 Å². The molecule has 2 fully saturated rings. The van der Waals surface area contributed by atoms with Crippen LogP contribution in [0.3, 0.4) is 0 Å². The third-order valence-electron chi connectivity index (χ3n) is 6.25. The number of carbonyl (C=O) groups excluding carboxylic acids is 2. The lowest BCUT2D eigenvalue weighted by molar-refractivity contribution is -0.121. The van der Waals surface area contributed by atoms with E-state index in [-0.39, 0.29) is 23.8 Å².